The third-order valence-electron chi connectivity index (χ3n) is 5.96. The summed E-state index contributed by atoms with van der Waals surface area (Å²) in [5, 5.41) is 0. The summed E-state index contributed by atoms with van der Waals surface area (Å²) in [6.07, 6.45) is 1.84. The van der Waals surface area contributed by atoms with Gasteiger partial charge >= 0.3 is 6.09 Å². The lowest BCUT2D eigenvalue weighted by atomic mass is 9.84. The normalized spacial score (nSPS) is 20.7. The van der Waals surface area contributed by atoms with E-state index in [1.807, 2.05) is 30.0 Å². The van der Waals surface area contributed by atoms with Crippen LogP contribution in [0.15, 0.2) is 30.3 Å². The first kappa shape index (κ1) is 20.1. The molecule has 2 saturated heterocycles. The number of nitrogens with zero attached hydrogens (tertiary/aromatic N) is 3. The van der Waals surface area contributed by atoms with Gasteiger partial charge in [0.2, 0.25) is 0 Å². The minimum absolute atomic E-state index is 0.167. The molecule has 0 bridgehead atoms. The average molecular weight is 376 g/mol. The Morgan fingerprint density at radius 2 is 1.85 bits per heavy atom. The topological polar surface area (TPSA) is 45.3 Å². The standard InChI is InChI=1S/C21H33N3O3/c1-3-27-20(25)24-11-9-21(10-12-24)18-23(14-13-22(21)2)15-16-26-17-19-7-5-4-6-8-19/h4-8H,3,9-18H2,1-2H3. The second-order valence-corrected chi connectivity index (χ2v) is 7.65. The van der Waals surface area contributed by atoms with E-state index in [-0.39, 0.29) is 11.6 Å². The SMILES string of the molecule is CCOC(=O)N1CCC2(CC1)CN(CCOCc1ccccc1)CCN2C. The van der Waals surface area contributed by atoms with Crippen LogP contribution in [0.25, 0.3) is 0 Å². The van der Waals surface area contributed by atoms with Gasteiger partial charge in [0.05, 0.1) is 19.8 Å². The van der Waals surface area contributed by atoms with E-state index >= 15 is 0 Å². The number of hydrogen-bond acceptors (Lipinski definition) is 5. The van der Waals surface area contributed by atoms with Crippen LogP contribution in [0.5, 0.6) is 0 Å². The average Bonchev–Trinajstić information content (AvgIpc) is 2.69. The molecule has 27 heavy (non-hydrogen) atoms. The van der Waals surface area contributed by atoms with Crippen LogP contribution < -0.4 is 0 Å². The summed E-state index contributed by atoms with van der Waals surface area (Å²) in [4.78, 5) is 18.8. The summed E-state index contributed by atoms with van der Waals surface area (Å²) in [7, 11) is 2.23. The van der Waals surface area contributed by atoms with Crippen molar-refractivity contribution in [1.29, 1.82) is 0 Å². The van der Waals surface area contributed by atoms with Crippen molar-refractivity contribution in [3.63, 3.8) is 0 Å². The van der Waals surface area contributed by atoms with Crippen molar-refractivity contribution in [2.45, 2.75) is 31.9 Å². The van der Waals surface area contributed by atoms with Crippen LogP contribution in [0.4, 0.5) is 4.79 Å². The number of hydrogen-bond donors (Lipinski definition) is 0. The van der Waals surface area contributed by atoms with E-state index in [4.69, 9.17) is 9.47 Å². The molecule has 0 N–H and O–H groups in total. The largest absolute Gasteiger partial charge is 0.450 e. The molecule has 150 valence electrons. The molecular formula is C21H33N3O3. The summed E-state index contributed by atoms with van der Waals surface area (Å²) in [6, 6.07) is 10.3. The van der Waals surface area contributed by atoms with Crippen molar-refractivity contribution in [2.24, 2.45) is 0 Å². The van der Waals surface area contributed by atoms with Gasteiger partial charge in [-0.2, -0.15) is 0 Å². The second-order valence-electron chi connectivity index (χ2n) is 7.65. The fraction of sp³-hybridized carbons (Fsp3) is 0.667. The van der Waals surface area contributed by atoms with Crippen LogP contribution in [-0.2, 0) is 16.1 Å². The molecule has 2 heterocycles. The molecule has 6 nitrogen and oxygen atoms in total. The lowest BCUT2D eigenvalue weighted by Crippen LogP contribution is -2.65. The minimum atomic E-state index is -0.169. The number of piperazine rings is 1. The van der Waals surface area contributed by atoms with E-state index < -0.39 is 0 Å². The molecule has 0 unspecified atom stereocenters. The summed E-state index contributed by atoms with van der Waals surface area (Å²) < 4.78 is 11.0. The van der Waals surface area contributed by atoms with Crippen LogP contribution in [-0.4, -0.2) is 85.9 Å². The van der Waals surface area contributed by atoms with Gasteiger partial charge in [0, 0.05) is 44.8 Å². The van der Waals surface area contributed by atoms with E-state index in [2.05, 4.69) is 29.0 Å². The Hall–Kier alpha value is -1.63. The molecule has 0 atom stereocenters. The summed E-state index contributed by atoms with van der Waals surface area (Å²) in [5.74, 6) is 0. The molecular weight excluding hydrogens is 342 g/mol. The van der Waals surface area contributed by atoms with Gasteiger partial charge in [-0.1, -0.05) is 30.3 Å². The highest BCUT2D eigenvalue weighted by Crippen LogP contribution is 2.31. The van der Waals surface area contributed by atoms with Crippen LogP contribution in [0, 0.1) is 0 Å². The molecule has 2 aliphatic heterocycles. The Balaban J connectivity index is 1.44. The van der Waals surface area contributed by atoms with Crippen LogP contribution in [0.1, 0.15) is 25.3 Å². The number of carbonyl (C=O) groups excluding carboxylic acids is 1. The maximum absolute atomic E-state index is 12.0. The third kappa shape index (κ3) is 5.21. The van der Waals surface area contributed by atoms with Crippen molar-refractivity contribution < 1.29 is 14.3 Å². The van der Waals surface area contributed by atoms with E-state index in [1.54, 1.807) is 0 Å². The number of amides is 1. The Morgan fingerprint density at radius 1 is 1.11 bits per heavy atom. The number of ether oxygens (including phenoxy) is 2. The van der Waals surface area contributed by atoms with Crippen LogP contribution in [0.3, 0.4) is 0 Å². The van der Waals surface area contributed by atoms with Gasteiger partial charge in [0.15, 0.2) is 0 Å². The van der Waals surface area contributed by atoms with Crippen molar-refractivity contribution in [1.82, 2.24) is 14.7 Å². The second kappa shape index (κ2) is 9.53. The van der Waals surface area contributed by atoms with Crippen molar-refractivity contribution >= 4 is 6.09 Å². The van der Waals surface area contributed by atoms with E-state index in [9.17, 15) is 4.79 Å². The molecule has 0 radical (unpaired) electrons. The maximum Gasteiger partial charge on any atom is 0.409 e. The van der Waals surface area contributed by atoms with Crippen molar-refractivity contribution in [3.05, 3.63) is 35.9 Å². The number of carbonyl (C=O) groups is 1. The fourth-order valence-electron chi connectivity index (χ4n) is 4.15. The summed E-state index contributed by atoms with van der Waals surface area (Å²) in [6.45, 7) is 9.44. The van der Waals surface area contributed by atoms with Gasteiger partial charge in [0.25, 0.3) is 0 Å². The first-order valence-electron chi connectivity index (χ1n) is 10.1. The smallest absolute Gasteiger partial charge is 0.409 e. The molecule has 2 aliphatic rings. The summed E-state index contributed by atoms with van der Waals surface area (Å²) in [5.41, 5.74) is 1.39. The van der Waals surface area contributed by atoms with E-state index in [0.717, 1.165) is 58.7 Å². The fourth-order valence-corrected chi connectivity index (χ4v) is 4.15. The number of piperidine rings is 1. The molecule has 0 aliphatic carbocycles. The predicted molar refractivity (Wildman–Crippen MR) is 106 cm³/mol. The monoisotopic (exact) mass is 375 g/mol. The minimum Gasteiger partial charge on any atom is -0.450 e. The lowest BCUT2D eigenvalue weighted by molar-refractivity contribution is -0.0339. The highest BCUT2D eigenvalue weighted by molar-refractivity contribution is 5.67. The zero-order valence-corrected chi connectivity index (χ0v) is 16.7. The number of benzene rings is 1. The van der Waals surface area contributed by atoms with Crippen LogP contribution >= 0.6 is 0 Å². The van der Waals surface area contributed by atoms with Gasteiger partial charge in [-0.3, -0.25) is 9.80 Å². The Morgan fingerprint density at radius 3 is 2.56 bits per heavy atom. The number of likely N-dealkylation sites (N-methyl/N-ethyl adjacent to an activating group) is 1. The molecule has 0 aromatic heterocycles. The molecule has 3 rings (SSSR count). The first-order chi connectivity index (χ1) is 13.1. The van der Waals surface area contributed by atoms with Crippen molar-refractivity contribution in [2.75, 3.05) is 59.5 Å². The van der Waals surface area contributed by atoms with E-state index in [1.165, 1.54) is 5.56 Å². The highest BCUT2D eigenvalue weighted by atomic mass is 16.6. The van der Waals surface area contributed by atoms with Gasteiger partial charge in [-0.05, 0) is 32.4 Å². The first-order valence-corrected chi connectivity index (χ1v) is 10.1. The number of likely N-dealkylation sites (tertiary alicyclic amines) is 1. The molecule has 0 saturated carbocycles. The Kier molecular flexibility index (Phi) is 7.10. The van der Waals surface area contributed by atoms with E-state index in [0.29, 0.717) is 13.2 Å². The maximum atomic E-state index is 12.0. The van der Waals surface area contributed by atoms with Crippen LogP contribution in [0.2, 0.25) is 0 Å². The van der Waals surface area contributed by atoms with Gasteiger partial charge in [-0.25, -0.2) is 4.79 Å². The highest BCUT2D eigenvalue weighted by Gasteiger charge is 2.42. The lowest BCUT2D eigenvalue weighted by Gasteiger charge is -2.53. The summed E-state index contributed by atoms with van der Waals surface area (Å²) >= 11 is 0. The van der Waals surface area contributed by atoms with Gasteiger partial charge in [0.1, 0.15) is 0 Å². The quantitative estimate of drug-likeness (QED) is 0.715. The third-order valence-corrected chi connectivity index (χ3v) is 5.96. The zero-order chi connectivity index (χ0) is 19.1. The van der Waals surface area contributed by atoms with Gasteiger partial charge < -0.3 is 14.4 Å². The molecule has 1 amide bonds. The predicted octanol–water partition coefficient (Wildman–Crippen LogP) is 2.44. The zero-order valence-electron chi connectivity index (χ0n) is 16.7. The molecule has 1 aromatic rings. The van der Waals surface area contributed by atoms with Gasteiger partial charge in [-0.15, -0.1) is 0 Å². The molecule has 6 heteroatoms. The Bertz CT molecular complexity index is 588. The Labute approximate surface area is 163 Å². The molecule has 2 fully saturated rings. The number of rotatable bonds is 6. The molecule has 1 spiro atoms. The van der Waals surface area contributed by atoms with Crippen molar-refractivity contribution in [3.8, 4) is 0 Å². The molecule has 1 aromatic carbocycles.